The van der Waals surface area contributed by atoms with Crippen LogP contribution in [0.4, 0.5) is 0 Å². The highest BCUT2D eigenvalue weighted by atomic mass is 16.5. The maximum absolute atomic E-state index is 11.9. The molecule has 1 saturated carbocycles. The molecule has 0 aromatic carbocycles. The van der Waals surface area contributed by atoms with Crippen LogP contribution in [0, 0.1) is 11.8 Å². The minimum atomic E-state index is 0.0315. The van der Waals surface area contributed by atoms with Gasteiger partial charge in [-0.25, -0.2) is 0 Å². The molecule has 2 N–H and O–H groups in total. The van der Waals surface area contributed by atoms with Gasteiger partial charge in [0.25, 0.3) is 0 Å². The molecule has 0 bridgehead atoms. The number of hydrogen-bond acceptors (Lipinski definition) is 3. The van der Waals surface area contributed by atoms with Crippen LogP contribution in [0.15, 0.2) is 0 Å². The summed E-state index contributed by atoms with van der Waals surface area (Å²) in [5.41, 5.74) is 5.66. The van der Waals surface area contributed by atoms with E-state index in [4.69, 9.17) is 10.5 Å². The molecule has 3 heteroatoms. The number of nitrogens with two attached hydrogens (primary N) is 1. The van der Waals surface area contributed by atoms with Gasteiger partial charge < -0.3 is 10.5 Å². The van der Waals surface area contributed by atoms with Gasteiger partial charge in [0.15, 0.2) is 0 Å². The summed E-state index contributed by atoms with van der Waals surface area (Å²) in [6.45, 7) is 3.60. The Morgan fingerprint density at radius 1 is 1.05 bits per heavy atom. The predicted octanol–water partition coefficient (Wildman–Crippen LogP) is 3.66. The first-order chi connectivity index (χ1) is 9.27. The summed E-state index contributed by atoms with van der Waals surface area (Å²) in [4.78, 5) is 11.9. The van der Waals surface area contributed by atoms with E-state index < -0.39 is 0 Å². The van der Waals surface area contributed by atoms with Gasteiger partial charge in [0, 0.05) is 0 Å². The van der Waals surface area contributed by atoms with Gasteiger partial charge in [-0.3, -0.25) is 4.79 Å². The average Bonchev–Trinajstić information content (AvgIpc) is 2.46. The highest BCUT2D eigenvalue weighted by Crippen LogP contribution is 2.28. The zero-order chi connectivity index (χ0) is 13.9. The third kappa shape index (κ3) is 6.95. The zero-order valence-corrected chi connectivity index (χ0v) is 12.5. The SMILES string of the molecule is CCCCCCCCOC(=O)C1CCC(CN)CC1. The topological polar surface area (TPSA) is 52.3 Å². The molecule has 1 aliphatic carbocycles. The molecular weight excluding hydrogens is 238 g/mol. The summed E-state index contributed by atoms with van der Waals surface area (Å²) in [7, 11) is 0. The van der Waals surface area contributed by atoms with E-state index in [1.807, 2.05) is 0 Å². The molecule has 19 heavy (non-hydrogen) atoms. The molecule has 0 aromatic rings. The highest BCUT2D eigenvalue weighted by Gasteiger charge is 2.26. The Labute approximate surface area is 118 Å². The van der Waals surface area contributed by atoms with Crippen molar-refractivity contribution in [3.63, 3.8) is 0 Å². The lowest BCUT2D eigenvalue weighted by molar-refractivity contribution is -0.150. The summed E-state index contributed by atoms with van der Waals surface area (Å²) in [5.74, 6) is 0.800. The summed E-state index contributed by atoms with van der Waals surface area (Å²) >= 11 is 0. The first-order valence-corrected chi connectivity index (χ1v) is 8.14. The van der Waals surface area contributed by atoms with E-state index in [1.54, 1.807) is 0 Å². The fraction of sp³-hybridized carbons (Fsp3) is 0.938. The Balaban J connectivity index is 1.99. The molecule has 0 amide bonds. The van der Waals surface area contributed by atoms with E-state index >= 15 is 0 Å². The van der Waals surface area contributed by atoms with E-state index in [0.29, 0.717) is 12.5 Å². The average molecular weight is 269 g/mol. The van der Waals surface area contributed by atoms with E-state index in [2.05, 4.69) is 6.92 Å². The van der Waals surface area contributed by atoms with Gasteiger partial charge in [-0.1, -0.05) is 39.0 Å². The summed E-state index contributed by atoms with van der Waals surface area (Å²) in [6.07, 6.45) is 11.5. The maximum atomic E-state index is 11.9. The monoisotopic (exact) mass is 269 g/mol. The van der Waals surface area contributed by atoms with Gasteiger partial charge in [-0.15, -0.1) is 0 Å². The number of esters is 1. The molecule has 0 spiro atoms. The molecule has 0 aliphatic heterocycles. The number of hydrogen-bond donors (Lipinski definition) is 1. The van der Waals surface area contributed by atoms with Crippen LogP contribution in [0.3, 0.4) is 0 Å². The van der Waals surface area contributed by atoms with Crippen LogP contribution < -0.4 is 5.73 Å². The van der Waals surface area contributed by atoms with Crippen molar-refractivity contribution in [2.75, 3.05) is 13.2 Å². The molecule has 0 aromatic heterocycles. The highest BCUT2D eigenvalue weighted by molar-refractivity contribution is 5.72. The third-order valence-corrected chi connectivity index (χ3v) is 4.26. The van der Waals surface area contributed by atoms with Gasteiger partial charge in [-0.05, 0) is 44.6 Å². The van der Waals surface area contributed by atoms with Gasteiger partial charge in [-0.2, -0.15) is 0 Å². The van der Waals surface area contributed by atoms with E-state index in [9.17, 15) is 4.79 Å². The molecule has 1 fully saturated rings. The quantitative estimate of drug-likeness (QED) is 0.513. The van der Waals surface area contributed by atoms with Crippen LogP contribution in [-0.2, 0) is 9.53 Å². The second-order valence-electron chi connectivity index (χ2n) is 5.89. The second-order valence-corrected chi connectivity index (χ2v) is 5.89. The fourth-order valence-corrected chi connectivity index (χ4v) is 2.81. The van der Waals surface area contributed by atoms with Crippen LogP contribution in [-0.4, -0.2) is 19.1 Å². The maximum Gasteiger partial charge on any atom is 0.308 e. The van der Waals surface area contributed by atoms with Crippen molar-refractivity contribution >= 4 is 5.97 Å². The van der Waals surface area contributed by atoms with Crippen LogP contribution in [0.25, 0.3) is 0 Å². The van der Waals surface area contributed by atoms with Crippen molar-refractivity contribution in [3.8, 4) is 0 Å². The third-order valence-electron chi connectivity index (χ3n) is 4.26. The molecule has 0 atom stereocenters. The minimum Gasteiger partial charge on any atom is -0.465 e. The summed E-state index contributed by atoms with van der Waals surface area (Å²) in [5, 5.41) is 0. The standard InChI is InChI=1S/C16H31NO2/c1-2-3-4-5-6-7-12-19-16(18)15-10-8-14(13-17)9-11-15/h14-15H,2-13,17H2,1H3. The molecule has 1 aliphatic rings. The Bertz CT molecular complexity index is 235. The number of rotatable bonds is 9. The molecule has 0 unspecified atom stereocenters. The van der Waals surface area contributed by atoms with E-state index in [-0.39, 0.29) is 11.9 Å². The molecular formula is C16H31NO2. The zero-order valence-electron chi connectivity index (χ0n) is 12.5. The lowest BCUT2D eigenvalue weighted by atomic mass is 9.82. The van der Waals surface area contributed by atoms with Crippen molar-refractivity contribution < 1.29 is 9.53 Å². The van der Waals surface area contributed by atoms with Crippen molar-refractivity contribution in [2.24, 2.45) is 17.6 Å². The summed E-state index contributed by atoms with van der Waals surface area (Å²) in [6, 6.07) is 0. The second kappa shape index (κ2) is 10.2. The first-order valence-electron chi connectivity index (χ1n) is 8.14. The fourth-order valence-electron chi connectivity index (χ4n) is 2.81. The van der Waals surface area contributed by atoms with Crippen LogP contribution >= 0.6 is 0 Å². The molecule has 0 heterocycles. The van der Waals surface area contributed by atoms with Crippen molar-refractivity contribution in [1.29, 1.82) is 0 Å². The number of unbranched alkanes of at least 4 members (excludes halogenated alkanes) is 5. The minimum absolute atomic E-state index is 0.0315. The largest absolute Gasteiger partial charge is 0.465 e. The van der Waals surface area contributed by atoms with Crippen LogP contribution in [0.1, 0.15) is 71.1 Å². The molecule has 1 rings (SSSR count). The van der Waals surface area contributed by atoms with Gasteiger partial charge in [0.05, 0.1) is 12.5 Å². The normalized spacial score (nSPS) is 23.3. The molecule has 0 radical (unpaired) electrons. The van der Waals surface area contributed by atoms with Crippen molar-refractivity contribution in [2.45, 2.75) is 71.1 Å². The number of carbonyl (C=O) groups is 1. The Morgan fingerprint density at radius 3 is 2.32 bits per heavy atom. The van der Waals surface area contributed by atoms with Gasteiger partial charge >= 0.3 is 5.97 Å². The lowest BCUT2D eigenvalue weighted by Crippen LogP contribution is -2.27. The smallest absolute Gasteiger partial charge is 0.308 e. The Morgan fingerprint density at radius 2 is 1.68 bits per heavy atom. The summed E-state index contributed by atoms with van der Waals surface area (Å²) < 4.78 is 5.39. The van der Waals surface area contributed by atoms with Gasteiger partial charge in [0.1, 0.15) is 0 Å². The molecule has 0 saturated heterocycles. The Hall–Kier alpha value is -0.570. The number of ether oxygens (including phenoxy) is 1. The molecule has 112 valence electrons. The lowest BCUT2D eigenvalue weighted by Gasteiger charge is -2.26. The number of carbonyl (C=O) groups excluding carboxylic acids is 1. The van der Waals surface area contributed by atoms with E-state index in [0.717, 1.165) is 38.6 Å². The van der Waals surface area contributed by atoms with Gasteiger partial charge in [0.2, 0.25) is 0 Å². The van der Waals surface area contributed by atoms with Crippen molar-refractivity contribution in [1.82, 2.24) is 0 Å². The first kappa shape index (κ1) is 16.5. The molecule has 3 nitrogen and oxygen atoms in total. The van der Waals surface area contributed by atoms with Crippen LogP contribution in [0.5, 0.6) is 0 Å². The van der Waals surface area contributed by atoms with Crippen LogP contribution in [0.2, 0.25) is 0 Å². The predicted molar refractivity (Wildman–Crippen MR) is 78.8 cm³/mol. The van der Waals surface area contributed by atoms with E-state index in [1.165, 1.54) is 32.1 Å². The van der Waals surface area contributed by atoms with Crippen molar-refractivity contribution in [3.05, 3.63) is 0 Å². The Kier molecular flexibility index (Phi) is 8.89.